The maximum atomic E-state index is 12.0. The number of carbonyl (C=O) groups is 3. The summed E-state index contributed by atoms with van der Waals surface area (Å²) in [5.74, 6) is -0.487. The quantitative estimate of drug-likeness (QED) is 0.0591. The number of aryl methyl sites for hydroxylation is 1. The van der Waals surface area contributed by atoms with E-state index in [4.69, 9.17) is 14.2 Å². The maximum Gasteiger partial charge on any atom is 0.347 e. The minimum absolute atomic E-state index is 0.0558. The number of para-hydroxylation sites is 4. The second-order valence-corrected chi connectivity index (χ2v) is 15.0. The van der Waals surface area contributed by atoms with Gasteiger partial charge >= 0.3 is 17.9 Å². The van der Waals surface area contributed by atoms with E-state index in [1.807, 2.05) is 42.5 Å². The summed E-state index contributed by atoms with van der Waals surface area (Å²) >= 11 is 0. The summed E-state index contributed by atoms with van der Waals surface area (Å²) in [6.07, 6.45) is 8.77. The van der Waals surface area contributed by atoms with Crippen LogP contribution in [-0.2, 0) is 11.8 Å². The Morgan fingerprint density at radius 2 is 0.783 bits per heavy atom. The molecule has 6 aromatic rings. The molecule has 6 aromatic carbocycles. The first-order valence-electron chi connectivity index (χ1n) is 20.1. The molecule has 0 saturated heterocycles. The van der Waals surface area contributed by atoms with Gasteiger partial charge in [0.2, 0.25) is 0 Å². The Kier molecular flexibility index (Phi) is 18.0. The molecule has 9 heteroatoms. The lowest BCUT2D eigenvalue weighted by atomic mass is 9.87. The highest BCUT2D eigenvalue weighted by molar-refractivity contribution is 5.95. The van der Waals surface area contributed by atoms with Gasteiger partial charge < -0.3 is 29.5 Å². The molecule has 0 aliphatic carbocycles. The highest BCUT2D eigenvalue weighted by Crippen LogP contribution is 2.26. The predicted octanol–water partition coefficient (Wildman–Crippen LogP) is 12.0. The third kappa shape index (κ3) is 15.1. The van der Waals surface area contributed by atoms with Crippen molar-refractivity contribution in [3.8, 4) is 34.5 Å². The van der Waals surface area contributed by atoms with Crippen LogP contribution in [0, 0.1) is 0 Å². The fraction of sp³-hybridized carbons (Fsp3) is 0.235. The number of phenols is 3. The Morgan fingerprint density at radius 3 is 1.18 bits per heavy atom. The maximum absolute atomic E-state index is 12.0. The number of hydrogen-bond donors (Lipinski definition) is 3. The summed E-state index contributed by atoms with van der Waals surface area (Å²) in [6.45, 7) is 8.59. The van der Waals surface area contributed by atoms with Gasteiger partial charge in [-0.05, 0) is 102 Å². The molecule has 0 aliphatic rings. The fourth-order valence-corrected chi connectivity index (χ4v) is 5.77. The lowest BCUT2D eigenvalue weighted by molar-refractivity contribution is 0.0721. The summed E-state index contributed by atoms with van der Waals surface area (Å²) in [5.41, 5.74) is 2.97. The average Bonchev–Trinajstić information content (AvgIpc) is 3.24. The zero-order chi connectivity index (χ0) is 43.3. The van der Waals surface area contributed by atoms with Crippen molar-refractivity contribution in [3.63, 3.8) is 0 Å². The van der Waals surface area contributed by atoms with Crippen LogP contribution in [0.1, 0.15) is 108 Å². The number of phenolic OH excluding ortho intramolecular Hbond substituents is 3. The van der Waals surface area contributed by atoms with Crippen LogP contribution in [0.15, 0.2) is 152 Å². The number of unbranched alkanes of at least 4 members (excludes halogenated alkanes) is 5. The zero-order valence-corrected chi connectivity index (χ0v) is 34.7. The van der Waals surface area contributed by atoms with Crippen LogP contribution in [-0.4, -0.2) is 33.2 Å². The number of carbonyl (C=O) groups excluding carboxylic acids is 3. The van der Waals surface area contributed by atoms with E-state index < -0.39 is 17.9 Å². The normalized spacial score (nSPS) is 10.5. The lowest BCUT2D eigenvalue weighted by Gasteiger charge is -2.19. The first-order valence-corrected chi connectivity index (χ1v) is 20.1. The summed E-state index contributed by atoms with van der Waals surface area (Å²) in [7, 11) is 0. The predicted molar refractivity (Wildman–Crippen MR) is 234 cm³/mol. The number of ether oxygens (including phenoxy) is 3. The van der Waals surface area contributed by atoms with Gasteiger partial charge in [-0.1, -0.05) is 139 Å². The van der Waals surface area contributed by atoms with E-state index in [2.05, 4.69) is 27.7 Å². The number of esters is 3. The van der Waals surface area contributed by atoms with Crippen LogP contribution in [0.4, 0.5) is 0 Å². The van der Waals surface area contributed by atoms with E-state index in [0.717, 1.165) is 6.42 Å². The van der Waals surface area contributed by atoms with Gasteiger partial charge in [-0.15, -0.1) is 0 Å². The summed E-state index contributed by atoms with van der Waals surface area (Å²) in [5, 5.41) is 28.7. The number of rotatable bonds is 13. The second-order valence-electron chi connectivity index (χ2n) is 15.0. The number of aromatic hydroxyl groups is 3. The van der Waals surface area contributed by atoms with Crippen molar-refractivity contribution in [1.29, 1.82) is 0 Å². The van der Waals surface area contributed by atoms with Gasteiger partial charge in [0.1, 0.15) is 51.2 Å². The van der Waals surface area contributed by atoms with Gasteiger partial charge in [0.15, 0.2) is 0 Å². The van der Waals surface area contributed by atoms with Crippen molar-refractivity contribution in [3.05, 3.63) is 179 Å². The van der Waals surface area contributed by atoms with Crippen molar-refractivity contribution in [2.75, 3.05) is 0 Å². The van der Waals surface area contributed by atoms with Crippen LogP contribution in [0.5, 0.6) is 34.5 Å². The Labute approximate surface area is 352 Å². The molecule has 0 heterocycles. The molecule has 3 N–H and O–H groups in total. The Bertz CT molecular complexity index is 2240. The molecule has 9 nitrogen and oxygen atoms in total. The Morgan fingerprint density at radius 1 is 0.433 bits per heavy atom. The third-order valence-electron chi connectivity index (χ3n) is 9.21. The monoisotopic (exact) mass is 810 g/mol. The fourth-order valence-electron chi connectivity index (χ4n) is 5.77. The smallest absolute Gasteiger partial charge is 0.347 e. The van der Waals surface area contributed by atoms with Gasteiger partial charge in [-0.25, -0.2) is 14.4 Å². The molecule has 60 heavy (non-hydrogen) atoms. The van der Waals surface area contributed by atoms with Crippen molar-refractivity contribution < 1.29 is 43.9 Å². The van der Waals surface area contributed by atoms with Gasteiger partial charge in [-0.2, -0.15) is 0 Å². The molecule has 0 unspecified atom stereocenters. The minimum Gasteiger partial charge on any atom is -0.507 e. The Hall–Kier alpha value is -6.87. The largest absolute Gasteiger partial charge is 0.507 e. The summed E-state index contributed by atoms with van der Waals surface area (Å²) in [6, 6.07) is 42.7. The highest BCUT2D eigenvalue weighted by atomic mass is 16.5. The highest BCUT2D eigenvalue weighted by Gasteiger charge is 2.16. The van der Waals surface area contributed by atoms with Gasteiger partial charge in [0.25, 0.3) is 0 Å². The lowest BCUT2D eigenvalue weighted by Crippen LogP contribution is -2.11. The first-order chi connectivity index (χ1) is 28.8. The molecule has 0 saturated carbocycles. The van der Waals surface area contributed by atoms with Crippen LogP contribution in [0.25, 0.3) is 0 Å². The van der Waals surface area contributed by atoms with Gasteiger partial charge in [0.05, 0.1) is 0 Å². The summed E-state index contributed by atoms with van der Waals surface area (Å²) in [4.78, 5) is 35.6. The molecule has 0 amide bonds. The molecule has 312 valence electrons. The number of benzene rings is 6. The van der Waals surface area contributed by atoms with E-state index in [1.54, 1.807) is 78.9 Å². The van der Waals surface area contributed by atoms with Crippen molar-refractivity contribution in [2.24, 2.45) is 0 Å². The molecule has 0 spiro atoms. The minimum atomic E-state index is -0.565. The molecule has 0 atom stereocenters. The summed E-state index contributed by atoms with van der Waals surface area (Å²) < 4.78 is 15.6. The molecular formula is C51H54O9. The third-order valence-corrected chi connectivity index (χ3v) is 9.21. The van der Waals surface area contributed by atoms with Crippen molar-refractivity contribution >= 4 is 17.9 Å². The van der Waals surface area contributed by atoms with E-state index in [9.17, 15) is 29.7 Å². The topological polar surface area (TPSA) is 140 Å². The zero-order valence-electron chi connectivity index (χ0n) is 34.7. The molecule has 0 aliphatic heterocycles. The second kappa shape index (κ2) is 23.5. The van der Waals surface area contributed by atoms with Crippen molar-refractivity contribution in [1.82, 2.24) is 0 Å². The average molecular weight is 811 g/mol. The van der Waals surface area contributed by atoms with Crippen molar-refractivity contribution in [2.45, 2.75) is 78.1 Å². The number of hydrogen-bond acceptors (Lipinski definition) is 9. The van der Waals surface area contributed by atoms with Gasteiger partial charge in [0, 0.05) is 0 Å². The van der Waals surface area contributed by atoms with Crippen LogP contribution >= 0.6 is 0 Å². The first kappa shape index (κ1) is 45.8. The van der Waals surface area contributed by atoms with E-state index in [1.165, 1.54) is 80.0 Å². The van der Waals surface area contributed by atoms with E-state index in [-0.39, 0.29) is 39.4 Å². The molecule has 0 fully saturated rings. The molecule has 0 bridgehead atoms. The SMILES string of the molecule is CC(C)(C)c1ccc(OC(=O)c2ccccc2O)cc1.CCCCCCCCc1ccc(OC(=O)c2ccccc2O)cc1.O=C(Oc1ccccc1)c1ccccc1O. The molecule has 6 rings (SSSR count). The standard InChI is InChI=1S/C21H26O3.C17H18O3.C13H10O3/c1-2-3-4-5-6-7-10-17-13-15-18(16-14-17)24-21(23)19-11-8-9-12-20(19)22;1-17(2,3)12-8-10-13(11-9-12)20-16(19)14-6-4-5-7-15(14)18;14-12-9-5-4-8-11(12)13(15)16-10-6-2-1-3-7-10/h8-9,11-16,22H,2-7,10H2,1H3;4-11,18H,1-3H3;1-9,14H. The molecular weight excluding hydrogens is 757 g/mol. The van der Waals surface area contributed by atoms with Crippen LogP contribution in [0.3, 0.4) is 0 Å². The van der Waals surface area contributed by atoms with Gasteiger partial charge in [-0.3, -0.25) is 0 Å². The van der Waals surface area contributed by atoms with E-state index in [0.29, 0.717) is 17.2 Å². The van der Waals surface area contributed by atoms with E-state index >= 15 is 0 Å². The Balaban J connectivity index is 0.000000202. The van der Waals surface area contributed by atoms with Crippen LogP contribution < -0.4 is 14.2 Å². The molecule has 0 aromatic heterocycles. The van der Waals surface area contributed by atoms with Crippen LogP contribution in [0.2, 0.25) is 0 Å². The molecule has 0 radical (unpaired) electrons.